The van der Waals surface area contributed by atoms with E-state index in [1.54, 1.807) is 27.6 Å². The number of hydrogen-bond acceptors (Lipinski definition) is 5. The van der Waals surface area contributed by atoms with Crippen LogP contribution in [0, 0.1) is 0 Å². The highest BCUT2D eigenvalue weighted by Crippen LogP contribution is 2.24. The summed E-state index contributed by atoms with van der Waals surface area (Å²) in [6.07, 6.45) is 1.70. The number of rotatable bonds is 7. The number of aromatic nitrogens is 3. The summed E-state index contributed by atoms with van der Waals surface area (Å²) in [6, 6.07) is 15.7. The van der Waals surface area contributed by atoms with Gasteiger partial charge in [-0.15, -0.1) is 34.2 Å². The zero-order valence-corrected chi connectivity index (χ0v) is 19.0. The van der Waals surface area contributed by atoms with Gasteiger partial charge in [0.1, 0.15) is 17.8 Å². The Labute approximate surface area is 187 Å². The quantitative estimate of drug-likeness (QED) is 0.290. The highest BCUT2D eigenvalue weighted by Gasteiger charge is 2.09. The van der Waals surface area contributed by atoms with E-state index in [2.05, 4.69) is 25.8 Å². The highest BCUT2D eigenvalue weighted by atomic mass is 127. The summed E-state index contributed by atoms with van der Waals surface area (Å²) < 4.78 is 12.6. The monoisotopic (exact) mass is 508 g/mol. The molecule has 3 rings (SSSR count). The van der Waals surface area contributed by atoms with Crippen LogP contribution in [0.4, 0.5) is 0 Å². The van der Waals surface area contributed by atoms with Crippen LogP contribution in [-0.4, -0.2) is 42.0 Å². The molecule has 1 heterocycles. The summed E-state index contributed by atoms with van der Waals surface area (Å²) >= 11 is 0. The van der Waals surface area contributed by atoms with Gasteiger partial charge in [-0.3, -0.25) is 9.56 Å². The summed E-state index contributed by atoms with van der Waals surface area (Å²) in [7, 11) is 5.00. The van der Waals surface area contributed by atoms with Gasteiger partial charge in [-0.25, -0.2) is 0 Å². The molecule has 2 aromatic carbocycles. The van der Waals surface area contributed by atoms with Crippen LogP contribution in [0.2, 0.25) is 0 Å². The first kappa shape index (κ1) is 22.5. The fourth-order valence-electron chi connectivity index (χ4n) is 2.74. The lowest BCUT2D eigenvalue weighted by molar-refractivity contribution is 0.390. The highest BCUT2D eigenvalue weighted by molar-refractivity contribution is 14.0. The van der Waals surface area contributed by atoms with Crippen molar-refractivity contribution in [1.82, 2.24) is 25.4 Å². The van der Waals surface area contributed by atoms with Gasteiger partial charge in [-0.05, 0) is 24.3 Å². The molecule has 9 heteroatoms. The molecule has 8 nitrogen and oxygen atoms in total. The second-order valence-electron chi connectivity index (χ2n) is 5.91. The van der Waals surface area contributed by atoms with E-state index in [1.165, 1.54) is 0 Å². The predicted octanol–water partition coefficient (Wildman–Crippen LogP) is 2.77. The van der Waals surface area contributed by atoms with E-state index in [0.717, 1.165) is 28.6 Å². The minimum atomic E-state index is 0. The summed E-state index contributed by atoms with van der Waals surface area (Å²) in [6.45, 7) is 1.03. The van der Waals surface area contributed by atoms with Crippen molar-refractivity contribution in [2.45, 2.75) is 13.1 Å². The predicted molar refractivity (Wildman–Crippen MR) is 123 cm³/mol. The molecule has 3 aromatic rings. The molecule has 0 aliphatic rings. The number of para-hydroxylation sites is 1. The maximum atomic E-state index is 5.44. The second-order valence-corrected chi connectivity index (χ2v) is 5.91. The Kier molecular flexibility index (Phi) is 8.71. The molecule has 2 N–H and O–H groups in total. The van der Waals surface area contributed by atoms with Crippen LogP contribution in [0.15, 0.2) is 59.9 Å². The smallest absolute Gasteiger partial charge is 0.191 e. The molecule has 1 aromatic heterocycles. The number of nitrogens with one attached hydrogen (secondary N) is 2. The minimum absolute atomic E-state index is 0. The van der Waals surface area contributed by atoms with Crippen molar-refractivity contribution in [3.05, 3.63) is 66.2 Å². The van der Waals surface area contributed by atoms with E-state index < -0.39 is 0 Å². The third-order valence-corrected chi connectivity index (χ3v) is 4.23. The molecular weight excluding hydrogens is 483 g/mol. The lowest BCUT2D eigenvalue weighted by Gasteiger charge is -2.14. The summed E-state index contributed by atoms with van der Waals surface area (Å²) in [4.78, 5) is 4.27. The molecule has 29 heavy (non-hydrogen) atoms. The van der Waals surface area contributed by atoms with Crippen LogP contribution in [0.1, 0.15) is 11.4 Å². The van der Waals surface area contributed by atoms with Gasteiger partial charge >= 0.3 is 0 Å². The lowest BCUT2D eigenvalue weighted by Crippen LogP contribution is -2.37. The van der Waals surface area contributed by atoms with Crippen molar-refractivity contribution >= 4 is 29.9 Å². The number of guanidine groups is 1. The molecule has 0 atom stereocenters. The van der Waals surface area contributed by atoms with Crippen LogP contribution in [0.25, 0.3) is 5.69 Å². The molecule has 0 aliphatic heterocycles. The van der Waals surface area contributed by atoms with Crippen molar-refractivity contribution in [3.8, 4) is 17.2 Å². The van der Waals surface area contributed by atoms with Gasteiger partial charge in [0.2, 0.25) is 0 Å². The zero-order chi connectivity index (χ0) is 19.8. The third kappa shape index (κ3) is 5.83. The van der Waals surface area contributed by atoms with Gasteiger partial charge in [0.05, 0.1) is 20.8 Å². The van der Waals surface area contributed by atoms with Crippen molar-refractivity contribution in [2.75, 3.05) is 21.3 Å². The number of ether oxygens (including phenoxy) is 2. The molecule has 0 unspecified atom stereocenters. The second kappa shape index (κ2) is 11.2. The van der Waals surface area contributed by atoms with E-state index >= 15 is 0 Å². The van der Waals surface area contributed by atoms with Crippen molar-refractivity contribution in [3.63, 3.8) is 0 Å². The average Bonchev–Trinajstić information content (AvgIpc) is 3.23. The molecule has 0 bridgehead atoms. The van der Waals surface area contributed by atoms with Gasteiger partial charge in [0, 0.05) is 30.9 Å². The molecule has 154 valence electrons. The average molecular weight is 508 g/mol. The van der Waals surface area contributed by atoms with Crippen molar-refractivity contribution < 1.29 is 9.47 Å². The van der Waals surface area contributed by atoms with Crippen molar-refractivity contribution in [1.29, 1.82) is 0 Å². The molecule has 0 radical (unpaired) electrons. The SMILES string of the molecule is CN=C(NCc1ccc(OC)cc1OC)NCc1nncn1-c1ccccc1.I. The zero-order valence-electron chi connectivity index (χ0n) is 16.6. The Bertz CT molecular complexity index is 930. The Hall–Kier alpha value is -2.82. The normalized spacial score (nSPS) is 10.8. The maximum Gasteiger partial charge on any atom is 0.191 e. The summed E-state index contributed by atoms with van der Waals surface area (Å²) in [5.41, 5.74) is 2.01. The lowest BCUT2D eigenvalue weighted by atomic mass is 10.2. The molecule has 0 saturated heterocycles. The number of methoxy groups -OCH3 is 2. The van der Waals surface area contributed by atoms with Gasteiger partial charge in [-0.2, -0.15) is 0 Å². The third-order valence-electron chi connectivity index (χ3n) is 4.23. The first-order chi connectivity index (χ1) is 13.7. The first-order valence-electron chi connectivity index (χ1n) is 8.85. The minimum Gasteiger partial charge on any atom is -0.497 e. The fraction of sp³-hybridized carbons (Fsp3) is 0.250. The topological polar surface area (TPSA) is 85.6 Å². The molecule has 0 saturated carbocycles. The molecule has 0 spiro atoms. The number of nitrogens with zero attached hydrogens (tertiary/aromatic N) is 4. The molecule has 0 amide bonds. The molecular formula is C20H25IN6O2. The standard InChI is InChI=1S/C20H24N6O2.HI/c1-21-20(22-12-15-9-10-17(27-2)11-18(15)28-3)23-13-19-25-24-14-26(19)16-7-5-4-6-8-16;/h4-11,14H,12-13H2,1-3H3,(H2,21,22,23);1H. The van der Waals surface area contributed by atoms with Crippen LogP contribution < -0.4 is 20.1 Å². The van der Waals surface area contributed by atoms with E-state index in [0.29, 0.717) is 19.0 Å². The van der Waals surface area contributed by atoms with Gasteiger partial charge in [0.25, 0.3) is 0 Å². The van der Waals surface area contributed by atoms with E-state index in [1.807, 2.05) is 53.1 Å². The van der Waals surface area contributed by atoms with Crippen LogP contribution in [0.3, 0.4) is 0 Å². The Morgan fingerprint density at radius 2 is 1.79 bits per heavy atom. The maximum absolute atomic E-state index is 5.44. The van der Waals surface area contributed by atoms with Crippen molar-refractivity contribution in [2.24, 2.45) is 4.99 Å². The molecule has 0 fully saturated rings. The van der Waals surface area contributed by atoms with E-state index in [-0.39, 0.29) is 24.0 Å². The van der Waals surface area contributed by atoms with Crippen LogP contribution >= 0.6 is 24.0 Å². The largest absolute Gasteiger partial charge is 0.497 e. The molecule has 0 aliphatic carbocycles. The fourth-order valence-corrected chi connectivity index (χ4v) is 2.74. The number of aliphatic imine (C=N–C) groups is 1. The Morgan fingerprint density at radius 1 is 1.03 bits per heavy atom. The number of halogens is 1. The van der Waals surface area contributed by atoms with Gasteiger partial charge in [0.15, 0.2) is 11.8 Å². The van der Waals surface area contributed by atoms with Gasteiger partial charge < -0.3 is 20.1 Å². The first-order valence-corrected chi connectivity index (χ1v) is 8.85. The summed E-state index contributed by atoms with van der Waals surface area (Å²) in [5, 5.41) is 14.8. The van der Waals surface area contributed by atoms with Crippen LogP contribution in [0.5, 0.6) is 11.5 Å². The Morgan fingerprint density at radius 3 is 2.48 bits per heavy atom. The van der Waals surface area contributed by atoms with Crippen LogP contribution in [-0.2, 0) is 13.1 Å². The van der Waals surface area contributed by atoms with Gasteiger partial charge in [-0.1, -0.05) is 18.2 Å². The number of benzene rings is 2. The van der Waals surface area contributed by atoms with E-state index in [9.17, 15) is 0 Å². The Balaban J connectivity index is 0.00000300. The van der Waals surface area contributed by atoms with E-state index in [4.69, 9.17) is 9.47 Å². The number of hydrogen-bond donors (Lipinski definition) is 2. The summed E-state index contributed by atoms with van der Waals surface area (Å²) in [5.74, 6) is 2.95.